The van der Waals surface area contributed by atoms with Crippen LogP contribution in [0.15, 0.2) is 11.4 Å². The van der Waals surface area contributed by atoms with Crippen molar-refractivity contribution in [3.8, 4) is 0 Å². The summed E-state index contributed by atoms with van der Waals surface area (Å²) in [5, 5.41) is 0.520. The van der Waals surface area contributed by atoms with Gasteiger partial charge in [-0.25, -0.2) is 14.8 Å². The number of hydrogen-bond acceptors (Lipinski definition) is 7. The Morgan fingerprint density at radius 1 is 1.45 bits per heavy atom. The fourth-order valence-electron chi connectivity index (χ4n) is 1.39. The molecule has 0 radical (unpaired) electrons. The van der Waals surface area contributed by atoms with Crippen molar-refractivity contribution in [2.24, 2.45) is 5.92 Å². The second-order valence-electron chi connectivity index (χ2n) is 4.11. The lowest BCUT2D eigenvalue weighted by Gasteiger charge is -2.09. The van der Waals surface area contributed by atoms with Crippen LogP contribution in [0.5, 0.6) is 0 Å². The molecule has 0 spiro atoms. The lowest BCUT2D eigenvalue weighted by atomic mass is 10.2. The molecule has 1 aromatic heterocycles. The summed E-state index contributed by atoms with van der Waals surface area (Å²) in [7, 11) is 1.36. The van der Waals surface area contributed by atoms with Crippen molar-refractivity contribution in [2.45, 2.75) is 25.9 Å². The Morgan fingerprint density at radius 2 is 2.15 bits per heavy atom. The topological polar surface area (TPSA) is 78.4 Å². The largest absolute Gasteiger partial charge is 0.469 e. The maximum atomic E-state index is 11.6. The van der Waals surface area contributed by atoms with E-state index < -0.39 is 5.97 Å². The van der Waals surface area contributed by atoms with Gasteiger partial charge in [-0.3, -0.25) is 4.79 Å². The molecule has 20 heavy (non-hydrogen) atoms. The minimum Gasteiger partial charge on any atom is -0.469 e. The van der Waals surface area contributed by atoms with E-state index in [-0.39, 0.29) is 11.9 Å². The summed E-state index contributed by atoms with van der Waals surface area (Å²) in [4.78, 5) is 31.2. The van der Waals surface area contributed by atoms with Crippen LogP contribution in [0.2, 0.25) is 0 Å². The Balaban J connectivity index is 2.68. The Labute approximate surface area is 122 Å². The highest BCUT2D eigenvalue weighted by Crippen LogP contribution is 2.18. The van der Waals surface area contributed by atoms with Gasteiger partial charge in [0.05, 0.1) is 30.9 Å². The Morgan fingerprint density at radius 3 is 2.70 bits per heavy atom. The number of carbonyl (C=O) groups is 2. The highest BCUT2D eigenvalue weighted by molar-refractivity contribution is 7.99. The molecule has 1 unspecified atom stereocenters. The summed E-state index contributed by atoms with van der Waals surface area (Å²) in [6.07, 6.45) is 1.45. The lowest BCUT2D eigenvalue weighted by molar-refractivity contribution is -0.144. The van der Waals surface area contributed by atoms with Crippen LogP contribution in [0.1, 0.15) is 29.9 Å². The number of esters is 2. The molecule has 0 aliphatic carbocycles. The first kappa shape index (κ1) is 16.4. The molecule has 110 valence electrons. The molecule has 1 heterocycles. The zero-order valence-corrected chi connectivity index (χ0v) is 12.8. The van der Waals surface area contributed by atoms with Gasteiger partial charge >= 0.3 is 11.9 Å². The smallest absolute Gasteiger partial charge is 0.341 e. The van der Waals surface area contributed by atoms with Gasteiger partial charge in [0.15, 0.2) is 5.16 Å². The third kappa shape index (κ3) is 4.48. The normalized spacial score (nSPS) is 11.8. The van der Waals surface area contributed by atoms with E-state index in [1.165, 1.54) is 25.1 Å². The average molecular weight is 298 g/mol. The number of rotatable bonds is 6. The predicted molar refractivity (Wildman–Crippen MR) is 74.6 cm³/mol. The average Bonchev–Trinajstić information content (AvgIpc) is 2.44. The first-order chi connectivity index (χ1) is 9.49. The maximum Gasteiger partial charge on any atom is 0.341 e. The SMILES string of the molecule is CCOC(=O)c1cnc(SCC(C)C(=O)OC)nc1C. The van der Waals surface area contributed by atoms with E-state index in [1.54, 1.807) is 20.8 Å². The number of carbonyl (C=O) groups excluding carboxylic acids is 2. The zero-order chi connectivity index (χ0) is 15.1. The number of nitrogens with zero attached hydrogens (tertiary/aromatic N) is 2. The summed E-state index contributed by atoms with van der Waals surface area (Å²) in [6, 6.07) is 0. The third-order valence-electron chi connectivity index (χ3n) is 2.52. The van der Waals surface area contributed by atoms with Gasteiger partial charge in [0.1, 0.15) is 0 Å². The molecule has 0 fully saturated rings. The van der Waals surface area contributed by atoms with Gasteiger partial charge in [-0.15, -0.1) is 0 Å². The van der Waals surface area contributed by atoms with E-state index in [0.29, 0.717) is 28.8 Å². The van der Waals surface area contributed by atoms with Crippen LogP contribution in [-0.4, -0.2) is 41.4 Å². The van der Waals surface area contributed by atoms with E-state index in [9.17, 15) is 9.59 Å². The molecule has 1 aromatic rings. The van der Waals surface area contributed by atoms with Crippen LogP contribution in [0.4, 0.5) is 0 Å². The highest BCUT2D eigenvalue weighted by Gasteiger charge is 2.16. The molecular weight excluding hydrogens is 280 g/mol. The number of thioether (sulfide) groups is 1. The number of ether oxygens (including phenoxy) is 2. The van der Waals surface area contributed by atoms with E-state index in [0.717, 1.165) is 0 Å². The van der Waals surface area contributed by atoms with Gasteiger partial charge in [0.2, 0.25) is 0 Å². The molecule has 7 heteroatoms. The van der Waals surface area contributed by atoms with Crippen LogP contribution in [0.3, 0.4) is 0 Å². The van der Waals surface area contributed by atoms with Crippen LogP contribution in [0, 0.1) is 12.8 Å². The minimum absolute atomic E-state index is 0.237. The Hall–Kier alpha value is -1.63. The molecule has 0 saturated carbocycles. The molecule has 0 N–H and O–H groups in total. The van der Waals surface area contributed by atoms with Gasteiger partial charge < -0.3 is 9.47 Å². The zero-order valence-electron chi connectivity index (χ0n) is 12.0. The molecule has 0 aliphatic rings. The van der Waals surface area contributed by atoms with Crippen molar-refractivity contribution < 1.29 is 19.1 Å². The van der Waals surface area contributed by atoms with E-state index in [2.05, 4.69) is 14.7 Å². The van der Waals surface area contributed by atoms with Gasteiger partial charge in [0, 0.05) is 11.9 Å². The maximum absolute atomic E-state index is 11.6. The number of hydrogen-bond donors (Lipinski definition) is 0. The molecule has 0 amide bonds. The van der Waals surface area contributed by atoms with E-state index in [1.807, 2.05) is 0 Å². The van der Waals surface area contributed by atoms with Gasteiger partial charge in [-0.2, -0.15) is 0 Å². The molecule has 1 atom stereocenters. The monoisotopic (exact) mass is 298 g/mol. The minimum atomic E-state index is -0.426. The fraction of sp³-hybridized carbons (Fsp3) is 0.538. The number of aryl methyl sites for hydroxylation is 1. The summed E-state index contributed by atoms with van der Waals surface area (Å²) in [5.41, 5.74) is 0.920. The molecule has 0 bridgehead atoms. The fourth-order valence-corrected chi connectivity index (χ4v) is 2.26. The summed E-state index contributed by atoms with van der Waals surface area (Å²) < 4.78 is 9.55. The quantitative estimate of drug-likeness (QED) is 0.450. The van der Waals surface area contributed by atoms with Crippen molar-refractivity contribution in [1.29, 1.82) is 0 Å². The lowest BCUT2D eigenvalue weighted by Crippen LogP contribution is -2.15. The van der Waals surface area contributed by atoms with Crippen molar-refractivity contribution in [1.82, 2.24) is 9.97 Å². The molecule has 0 aromatic carbocycles. The van der Waals surface area contributed by atoms with E-state index >= 15 is 0 Å². The van der Waals surface area contributed by atoms with E-state index in [4.69, 9.17) is 4.74 Å². The predicted octanol–water partition coefficient (Wildman–Crippen LogP) is 1.86. The molecule has 1 rings (SSSR count). The number of aromatic nitrogens is 2. The standard InChI is InChI=1S/C13H18N2O4S/c1-5-19-12(17)10-6-14-13(15-9(10)3)20-7-8(2)11(16)18-4/h6,8H,5,7H2,1-4H3. The molecule has 0 saturated heterocycles. The summed E-state index contributed by atoms with van der Waals surface area (Å²) in [6.45, 7) is 5.55. The Kier molecular flexibility index (Phi) is 6.44. The van der Waals surface area contributed by atoms with Crippen LogP contribution in [0.25, 0.3) is 0 Å². The molecule has 6 nitrogen and oxygen atoms in total. The van der Waals surface area contributed by atoms with Crippen molar-refractivity contribution in [3.63, 3.8) is 0 Å². The first-order valence-corrected chi connectivity index (χ1v) is 7.19. The van der Waals surface area contributed by atoms with Crippen molar-refractivity contribution >= 4 is 23.7 Å². The third-order valence-corrected chi connectivity index (χ3v) is 3.64. The van der Waals surface area contributed by atoms with Crippen molar-refractivity contribution in [2.75, 3.05) is 19.5 Å². The van der Waals surface area contributed by atoms with Crippen LogP contribution in [-0.2, 0) is 14.3 Å². The molecular formula is C13H18N2O4S. The van der Waals surface area contributed by atoms with Gasteiger partial charge in [-0.05, 0) is 13.8 Å². The van der Waals surface area contributed by atoms with Crippen LogP contribution >= 0.6 is 11.8 Å². The highest BCUT2D eigenvalue weighted by atomic mass is 32.2. The summed E-state index contributed by atoms with van der Waals surface area (Å²) in [5.74, 6) is -0.411. The Bertz CT molecular complexity index is 493. The number of methoxy groups -OCH3 is 1. The first-order valence-electron chi connectivity index (χ1n) is 6.21. The second-order valence-corrected chi connectivity index (χ2v) is 5.09. The van der Waals surface area contributed by atoms with Gasteiger partial charge in [-0.1, -0.05) is 18.7 Å². The second kappa shape index (κ2) is 7.84. The van der Waals surface area contributed by atoms with Crippen LogP contribution < -0.4 is 0 Å². The molecule has 0 aliphatic heterocycles. The van der Waals surface area contributed by atoms with Gasteiger partial charge in [0.25, 0.3) is 0 Å². The van der Waals surface area contributed by atoms with Crippen molar-refractivity contribution in [3.05, 3.63) is 17.5 Å². The summed E-state index contributed by atoms with van der Waals surface area (Å²) >= 11 is 1.34.